The van der Waals surface area contributed by atoms with Gasteiger partial charge in [-0.2, -0.15) is 0 Å². The Bertz CT molecular complexity index is 845. The number of nitrogens with one attached hydrogen (secondary N) is 2. The highest BCUT2D eigenvalue weighted by atomic mass is 16.5. The van der Waals surface area contributed by atoms with Gasteiger partial charge in [0.1, 0.15) is 11.5 Å². The molecule has 0 fully saturated rings. The van der Waals surface area contributed by atoms with Crippen molar-refractivity contribution in [2.75, 3.05) is 17.7 Å². The number of anilines is 2. The second-order valence-electron chi connectivity index (χ2n) is 5.52. The second kappa shape index (κ2) is 7.09. The predicted molar refractivity (Wildman–Crippen MR) is 95.8 cm³/mol. The molecule has 2 aromatic rings. The summed E-state index contributed by atoms with van der Waals surface area (Å²) in [4.78, 5) is 23.8. The first-order chi connectivity index (χ1) is 12.1. The van der Waals surface area contributed by atoms with Gasteiger partial charge in [-0.1, -0.05) is 18.2 Å². The third kappa shape index (κ3) is 3.80. The summed E-state index contributed by atoms with van der Waals surface area (Å²) >= 11 is 0. The summed E-state index contributed by atoms with van der Waals surface area (Å²) in [5, 5.41) is 5.50. The minimum absolute atomic E-state index is 0.216. The molecule has 2 amide bonds. The number of amides is 2. The maximum absolute atomic E-state index is 12.1. The standard InChI is InChI=1S/C19H18N2O4/c1-12-19(23)21-15-11-14(8-9-17(15)25-12)20-18(22)10-7-13-5-3-4-6-16(13)24-2/h3-12H,1-2H3,(H,20,22)(H,21,23)/b10-7+. The van der Waals surface area contributed by atoms with Gasteiger partial charge in [0.25, 0.3) is 5.91 Å². The van der Waals surface area contributed by atoms with E-state index in [1.54, 1.807) is 38.3 Å². The van der Waals surface area contributed by atoms with E-state index in [0.717, 1.165) is 5.56 Å². The monoisotopic (exact) mass is 338 g/mol. The summed E-state index contributed by atoms with van der Waals surface area (Å²) in [5.74, 6) is 0.762. The van der Waals surface area contributed by atoms with Gasteiger partial charge in [0.2, 0.25) is 5.91 Å². The van der Waals surface area contributed by atoms with E-state index in [1.807, 2.05) is 24.3 Å². The molecule has 1 unspecified atom stereocenters. The zero-order valence-electron chi connectivity index (χ0n) is 13.9. The number of para-hydroxylation sites is 1. The van der Waals surface area contributed by atoms with Gasteiger partial charge < -0.3 is 20.1 Å². The molecule has 1 aliphatic heterocycles. The summed E-state index contributed by atoms with van der Waals surface area (Å²) in [6, 6.07) is 12.5. The second-order valence-corrected chi connectivity index (χ2v) is 5.52. The molecule has 0 bridgehead atoms. The van der Waals surface area contributed by atoms with Gasteiger partial charge in [-0.05, 0) is 37.3 Å². The minimum Gasteiger partial charge on any atom is -0.496 e. The van der Waals surface area contributed by atoms with Crippen LogP contribution in [0.25, 0.3) is 6.08 Å². The lowest BCUT2D eigenvalue weighted by Gasteiger charge is -2.23. The molecule has 1 atom stereocenters. The summed E-state index contributed by atoms with van der Waals surface area (Å²) < 4.78 is 10.7. The third-order valence-corrected chi connectivity index (χ3v) is 3.73. The number of carbonyl (C=O) groups is 2. The van der Waals surface area contributed by atoms with Crippen LogP contribution in [0.4, 0.5) is 11.4 Å². The first kappa shape index (κ1) is 16.6. The Kier molecular flexibility index (Phi) is 4.70. The Morgan fingerprint density at radius 3 is 2.88 bits per heavy atom. The molecule has 1 heterocycles. The lowest BCUT2D eigenvalue weighted by atomic mass is 10.2. The van der Waals surface area contributed by atoms with Gasteiger partial charge in [0.15, 0.2) is 6.10 Å². The summed E-state index contributed by atoms with van der Waals surface area (Å²) in [6.45, 7) is 1.68. The topological polar surface area (TPSA) is 76.7 Å². The van der Waals surface area contributed by atoms with Crippen molar-refractivity contribution in [3.63, 3.8) is 0 Å². The average Bonchev–Trinajstić information content (AvgIpc) is 2.61. The summed E-state index contributed by atoms with van der Waals surface area (Å²) in [6.07, 6.45) is 2.57. The highest BCUT2D eigenvalue weighted by molar-refractivity contribution is 6.03. The molecule has 1 aliphatic rings. The number of rotatable bonds is 4. The van der Waals surface area contributed by atoms with E-state index in [9.17, 15) is 9.59 Å². The van der Waals surface area contributed by atoms with Crippen molar-refractivity contribution >= 4 is 29.3 Å². The summed E-state index contributed by atoms with van der Waals surface area (Å²) in [5.41, 5.74) is 1.90. The smallest absolute Gasteiger partial charge is 0.265 e. The number of carbonyl (C=O) groups excluding carboxylic acids is 2. The van der Waals surface area contributed by atoms with Gasteiger partial charge in [-0.15, -0.1) is 0 Å². The van der Waals surface area contributed by atoms with Crippen LogP contribution in [0.1, 0.15) is 12.5 Å². The van der Waals surface area contributed by atoms with E-state index >= 15 is 0 Å². The van der Waals surface area contributed by atoms with E-state index in [4.69, 9.17) is 9.47 Å². The van der Waals surface area contributed by atoms with Crippen molar-refractivity contribution in [2.24, 2.45) is 0 Å². The molecule has 0 radical (unpaired) electrons. The Balaban J connectivity index is 1.70. The SMILES string of the molecule is COc1ccccc1/C=C/C(=O)Nc1ccc2c(c1)NC(=O)C(C)O2. The van der Waals surface area contributed by atoms with E-state index in [-0.39, 0.29) is 11.8 Å². The molecule has 2 aromatic carbocycles. The van der Waals surface area contributed by atoms with Gasteiger partial charge in [-0.25, -0.2) is 0 Å². The lowest BCUT2D eigenvalue weighted by Crippen LogP contribution is -2.34. The van der Waals surface area contributed by atoms with Crippen LogP contribution in [-0.4, -0.2) is 25.0 Å². The van der Waals surface area contributed by atoms with Crippen molar-refractivity contribution in [3.8, 4) is 11.5 Å². The average molecular weight is 338 g/mol. The van der Waals surface area contributed by atoms with Crippen molar-refractivity contribution in [1.29, 1.82) is 0 Å². The van der Waals surface area contributed by atoms with Crippen LogP contribution in [0.3, 0.4) is 0 Å². The Morgan fingerprint density at radius 1 is 1.28 bits per heavy atom. The number of hydrogen-bond acceptors (Lipinski definition) is 4. The number of methoxy groups -OCH3 is 1. The van der Waals surface area contributed by atoms with Gasteiger partial charge in [0, 0.05) is 17.3 Å². The van der Waals surface area contributed by atoms with Crippen molar-refractivity contribution in [3.05, 3.63) is 54.1 Å². The van der Waals surface area contributed by atoms with E-state index in [1.165, 1.54) is 6.08 Å². The molecule has 0 spiro atoms. The molecule has 6 nitrogen and oxygen atoms in total. The molecule has 0 aliphatic carbocycles. The molecular formula is C19H18N2O4. The Hall–Kier alpha value is -3.28. The van der Waals surface area contributed by atoms with Crippen LogP contribution in [0, 0.1) is 0 Å². The molecule has 25 heavy (non-hydrogen) atoms. The normalized spacial score (nSPS) is 15.9. The molecule has 0 saturated carbocycles. The Labute approximate surface area is 145 Å². The zero-order chi connectivity index (χ0) is 17.8. The van der Waals surface area contributed by atoms with E-state index in [2.05, 4.69) is 10.6 Å². The zero-order valence-corrected chi connectivity index (χ0v) is 13.9. The molecule has 0 saturated heterocycles. The molecule has 6 heteroatoms. The number of hydrogen-bond donors (Lipinski definition) is 2. The highest BCUT2D eigenvalue weighted by Crippen LogP contribution is 2.32. The van der Waals surface area contributed by atoms with E-state index in [0.29, 0.717) is 22.9 Å². The van der Waals surface area contributed by atoms with Crippen LogP contribution in [0.2, 0.25) is 0 Å². The maximum Gasteiger partial charge on any atom is 0.265 e. The fraction of sp³-hybridized carbons (Fsp3) is 0.158. The quantitative estimate of drug-likeness (QED) is 0.840. The van der Waals surface area contributed by atoms with Crippen molar-refractivity contribution in [1.82, 2.24) is 0 Å². The van der Waals surface area contributed by atoms with Crippen LogP contribution < -0.4 is 20.1 Å². The van der Waals surface area contributed by atoms with Gasteiger partial charge in [-0.3, -0.25) is 9.59 Å². The molecule has 0 aromatic heterocycles. The molecule has 128 valence electrons. The number of benzene rings is 2. The molecule has 3 rings (SSSR count). The van der Waals surface area contributed by atoms with Gasteiger partial charge >= 0.3 is 0 Å². The Morgan fingerprint density at radius 2 is 2.08 bits per heavy atom. The molecule has 2 N–H and O–H groups in total. The maximum atomic E-state index is 12.1. The number of ether oxygens (including phenoxy) is 2. The van der Waals surface area contributed by atoms with Crippen molar-refractivity contribution in [2.45, 2.75) is 13.0 Å². The van der Waals surface area contributed by atoms with Gasteiger partial charge in [0.05, 0.1) is 12.8 Å². The third-order valence-electron chi connectivity index (χ3n) is 3.73. The lowest BCUT2D eigenvalue weighted by molar-refractivity contribution is -0.122. The number of fused-ring (bicyclic) bond motifs is 1. The van der Waals surface area contributed by atoms with Crippen LogP contribution in [0.15, 0.2) is 48.5 Å². The first-order valence-corrected chi connectivity index (χ1v) is 7.80. The fourth-order valence-electron chi connectivity index (χ4n) is 2.44. The highest BCUT2D eigenvalue weighted by Gasteiger charge is 2.23. The van der Waals surface area contributed by atoms with Crippen molar-refractivity contribution < 1.29 is 19.1 Å². The predicted octanol–water partition coefficient (Wildman–Crippen LogP) is 3.07. The first-order valence-electron chi connectivity index (χ1n) is 7.80. The van der Waals surface area contributed by atoms with Crippen LogP contribution >= 0.6 is 0 Å². The fourth-order valence-corrected chi connectivity index (χ4v) is 2.44. The van der Waals surface area contributed by atoms with Crippen LogP contribution in [-0.2, 0) is 9.59 Å². The van der Waals surface area contributed by atoms with Crippen LogP contribution in [0.5, 0.6) is 11.5 Å². The molecular weight excluding hydrogens is 320 g/mol. The largest absolute Gasteiger partial charge is 0.496 e. The summed E-state index contributed by atoms with van der Waals surface area (Å²) in [7, 11) is 1.58. The minimum atomic E-state index is -0.531. The van der Waals surface area contributed by atoms with E-state index < -0.39 is 6.10 Å².